The molecule has 0 radical (unpaired) electrons. The van der Waals surface area contributed by atoms with Gasteiger partial charge in [0.2, 0.25) is 11.7 Å². The van der Waals surface area contributed by atoms with Gasteiger partial charge in [0.05, 0.1) is 33.1 Å². The van der Waals surface area contributed by atoms with Gasteiger partial charge in [0.15, 0.2) is 0 Å². The molecule has 0 fully saturated rings. The number of benzene rings is 7. The second-order valence-corrected chi connectivity index (χ2v) is 12.6. The molecule has 5 nitrogen and oxygen atoms in total. The summed E-state index contributed by atoms with van der Waals surface area (Å²) in [5.74, 6) is 0.573. The highest BCUT2D eigenvalue weighted by Crippen LogP contribution is 2.43. The number of para-hydroxylation sites is 3. The summed E-state index contributed by atoms with van der Waals surface area (Å²) in [7, 11) is 0. The molecule has 0 bridgehead atoms. The number of hydrogen-bond acceptors (Lipinski definition) is 3. The van der Waals surface area contributed by atoms with Crippen LogP contribution in [0.5, 0.6) is 0 Å². The Balaban J connectivity index is 1.29. The zero-order chi connectivity index (χ0) is 32.1. The molecule has 4 heterocycles. The minimum Gasteiger partial charge on any atom is -0.437 e. The summed E-state index contributed by atoms with van der Waals surface area (Å²) in [5.41, 5.74) is 8.77. The van der Waals surface area contributed by atoms with Crippen LogP contribution < -0.4 is 0 Å². The number of aromatic nitrogens is 4. The van der Waals surface area contributed by atoms with Gasteiger partial charge in [-0.15, -0.1) is 0 Å². The highest BCUT2D eigenvalue weighted by Gasteiger charge is 2.24. The van der Waals surface area contributed by atoms with Crippen molar-refractivity contribution in [3.8, 4) is 22.9 Å². The zero-order valence-corrected chi connectivity index (χ0v) is 26.2. The second kappa shape index (κ2) is 9.89. The SMILES string of the molecule is c1ccc(-c2nc(-n3c4ccccc4c4c3ccc3c5ccccc5n(-c5ccc6ccccc6c5)c34)nc3oc4ccccc4c23)cc1. The quantitative estimate of drug-likeness (QED) is 0.196. The Morgan fingerprint density at radius 2 is 1.14 bits per heavy atom. The highest BCUT2D eigenvalue weighted by molar-refractivity contribution is 6.26. The molecule has 228 valence electrons. The first-order chi connectivity index (χ1) is 24.3. The monoisotopic (exact) mass is 626 g/mol. The summed E-state index contributed by atoms with van der Waals surface area (Å²) in [5, 5.41) is 9.09. The lowest BCUT2D eigenvalue weighted by Gasteiger charge is -2.11. The van der Waals surface area contributed by atoms with Crippen LogP contribution in [0.2, 0.25) is 0 Å². The fourth-order valence-corrected chi connectivity index (χ4v) is 7.82. The Hall–Kier alpha value is -6.72. The van der Waals surface area contributed by atoms with Crippen LogP contribution in [0.25, 0.3) is 99.3 Å². The van der Waals surface area contributed by atoms with E-state index in [1.54, 1.807) is 0 Å². The maximum absolute atomic E-state index is 6.43. The molecule has 5 heteroatoms. The summed E-state index contributed by atoms with van der Waals surface area (Å²) >= 11 is 0. The third kappa shape index (κ3) is 3.70. The van der Waals surface area contributed by atoms with Crippen LogP contribution >= 0.6 is 0 Å². The predicted molar refractivity (Wildman–Crippen MR) is 201 cm³/mol. The molecular formula is C44H26N4O. The van der Waals surface area contributed by atoms with Gasteiger partial charge in [-0.3, -0.25) is 4.57 Å². The molecule has 0 aliphatic carbocycles. The van der Waals surface area contributed by atoms with E-state index in [2.05, 4.69) is 130 Å². The molecule has 11 aromatic rings. The van der Waals surface area contributed by atoms with Crippen molar-refractivity contribution in [2.75, 3.05) is 0 Å². The van der Waals surface area contributed by atoms with Gasteiger partial charge in [-0.2, -0.15) is 4.98 Å². The van der Waals surface area contributed by atoms with Gasteiger partial charge in [-0.05, 0) is 47.2 Å². The van der Waals surface area contributed by atoms with Crippen molar-refractivity contribution in [2.45, 2.75) is 0 Å². The molecule has 0 saturated carbocycles. The smallest absolute Gasteiger partial charge is 0.238 e. The minimum atomic E-state index is 0.572. The third-order valence-electron chi connectivity index (χ3n) is 9.94. The van der Waals surface area contributed by atoms with Gasteiger partial charge in [0, 0.05) is 38.2 Å². The van der Waals surface area contributed by atoms with Gasteiger partial charge in [-0.25, -0.2) is 4.98 Å². The Kier molecular flexibility index (Phi) is 5.32. The van der Waals surface area contributed by atoms with Crippen molar-refractivity contribution >= 4 is 76.5 Å². The van der Waals surface area contributed by atoms with E-state index in [9.17, 15) is 0 Å². The summed E-state index contributed by atoms with van der Waals surface area (Å²) in [6.07, 6.45) is 0. The average molecular weight is 627 g/mol. The van der Waals surface area contributed by atoms with Crippen LogP contribution in [0.15, 0.2) is 162 Å². The first-order valence-corrected chi connectivity index (χ1v) is 16.5. The molecule has 0 aliphatic rings. The van der Waals surface area contributed by atoms with E-state index in [1.807, 2.05) is 36.4 Å². The third-order valence-corrected chi connectivity index (χ3v) is 9.94. The van der Waals surface area contributed by atoms with E-state index in [-0.39, 0.29) is 0 Å². The van der Waals surface area contributed by atoms with E-state index in [1.165, 1.54) is 27.1 Å². The zero-order valence-electron chi connectivity index (χ0n) is 26.2. The number of rotatable bonds is 3. The maximum atomic E-state index is 6.43. The molecule has 0 N–H and O–H groups in total. The predicted octanol–water partition coefficient (Wildman–Crippen LogP) is 11.4. The van der Waals surface area contributed by atoms with Crippen LogP contribution in [0.1, 0.15) is 0 Å². The van der Waals surface area contributed by atoms with Crippen LogP contribution in [0, 0.1) is 0 Å². The summed E-state index contributed by atoms with van der Waals surface area (Å²) in [6.45, 7) is 0. The van der Waals surface area contributed by atoms with Gasteiger partial charge in [0.25, 0.3) is 0 Å². The largest absolute Gasteiger partial charge is 0.437 e. The molecule has 0 atom stereocenters. The Morgan fingerprint density at radius 1 is 0.449 bits per heavy atom. The van der Waals surface area contributed by atoms with Gasteiger partial charge in [-0.1, -0.05) is 121 Å². The summed E-state index contributed by atoms with van der Waals surface area (Å²) in [6, 6.07) is 55.5. The molecule has 0 aliphatic heterocycles. The Bertz CT molecular complexity index is 3110. The minimum absolute atomic E-state index is 0.572. The first kappa shape index (κ1) is 26.4. The normalized spacial score (nSPS) is 12.1. The van der Waals surface area contributed by atoms with Gasteiger partial charge in [0.1, 0.15) is 5.58 Å². The first-order valence-electron chi connectivity index (χ1n) is 16.5. The Labute approximate surface area is 279 Å². The topological polar surface area (TPSA) is 48.8 Å². The molecule has 0 unspecified atom stereocenters. The van der Waals surface area contributed by atoms with Crippen LogP contribution in [-0.2, 0) is 0 Å². The van der Waals surface area contributed by atoms with Crippen molar-refractivity contribution in [1.82, 2.24) is 19.1 Å². The van der Waals surface area contributed by atoms with Crippen LogP contribution in [-0.4, -0.2) is 19.1 Å². The van der Waals surface area contributed by atoms with Crippen molar-refractivity contribution in [1.29, 1.82) is 0 Å². The van der Waals surface area contributed by atoms with Crippen LogP contribution in [0.3, 0.4) is 0 Å². The highest BCUT2D eigenvalue weighted by atomic mass is 16.3. The molecule has 7 aromatic carbocycles. The lowest BCUT2D eigenvalue weighted by Crippen LogP contribution is -2.03. The molecule has 11 rings (SSSR count). The second-order valence-electron chi connectivity index (χ2n) is 12.6. The summed E-state index contributed by atoms with van der Waals surface area (Å²) in [4.78, 5) is 10.5. The van der Waals surface area contributed by atoms with Crippen molar-refractivity contribution in [2.24, 2.45) is 0 Å². The molecule has 0 saturated heterocycles. The molecular weight excluding hydrogens is 601 g/mol. The fraction of sp³-hybridized carbons (Fsp3) is 0. The van der Waals surface area contributed by atoms with E-state index >= 15 is 0 Å². The van der Waals surface area contributed by atoms with Crippen molar-refractivity contribution in [3.63, 3.8) is 0 Å². The molecule has 49 heavy (non-hydrogen) atoms. The lowest BCUT2D eigenvalue weighted by molar-refractivity contribution is 0.651. The molecule has 0 spiro atoms. The van der Waals surface area contributed by atoms with Crippen molar-refractivity contribution in [3.05, 3.63) is 158 Å². The average Bonchev–Trinajstić information content (AvgIpc) is 3.82. The standard InChI is InChI=1S/C44H26N4O/c1-2-13-28(14-3-1)41-40-34-18-8-11-21-38(34)49-43(40)46-44(45-41)48-36-20-10-7-17-33(36)39-37(48)25-24-32-31-16-6-9-19-35(31)47(42(32)39)30-23-22-27-12-4-5-15-29(27)26-30/h1-26H. The van der Waals surface area contributed by atoms with E-state index in [0.29, 0.717) is 11.7 Å². The number of furan rings is 1. The molecule has 0 amide bonds. The van der Waals surface area contributed by atoms with Gasteiger partial charge < -0.3 is 8.98 Å². The number of nitrogens with zero attached hydrogens (tertiary/aromatic N) is 4. The molecule has 4 aromatic heterocycles. The Morgan fingerprint density at radius 3 is 2.00 bits per heavy atom. The van der Waals surface area contributed by atoms with E-state index in [4.69, 9.17) is 14.4 Å². The maximum Gasteiger partial charge on any atom is 0.238 e. The summed E-state index contributed by atoms with van der Waals surface area (Å²) < 4.78 is 11.1. The number of hydrogen-bond donors (Lipinski definition) is 0. The van der Waals surface area contributed by atoms with Crippen molar-refractivity contribution < 1.29 is 4.42 Å². The van der Waals surface area contributed by atoms with Gasteiger partial charge >= 0.3 is 0 Å². The van der Waals surface area contributed by atoms with E-state index < -0.39 is 0 Å². The lowest BCUT2D eigenvalue weighted by atomic mass is 10.1. The fourth-order valence-electron chi connectivity index (χ4n) is 7.82. The van der Waals surface area contributed by atoms with E-state index in [0.717, 1.165) is 60.6 Å². The van der Waals surface area contributed by atoms with Crippen LogP contribution in [0.4, 0.5) is 0 Å². The number of fused-ring (bicyclic) bond motifs is 11.